The van der Waals surface area contributed by atoms with Crippen LogP contribution in [0.4, 0.5) is 0 Å². The van der Waals surface area contributed by atoms with E-state index in [1.54, 1.807) is 0 Å². The van der Waals surface area contributed by atoms with Gasteiger partial charge in [-0.15, -0.1) is 0 Å². The molecule has 1 aromatic carbocycles. The second-order valence-corrected chi connectivity index (χ2v) is 5.23. The lowest BCUT2D eigenvalue weighted by molar-refractivity contribution is 0.0620. The Morgan fingerprint density at radius 3 is 2.44 bits per heavy atom. The Bertz CT molecular complexity index is 355. The van der Waals surface area contributed by atoms with E-state index in [0.717, 1.165) is 31.2 Å². The minimum Gasteiger partial charge on any atom is -0.388 e. The fraction of sp³-hybridized carbons (Fsp3) is 0.529. The maximum absolute atomic E-state index is 10.6. The van der Waals surface area contributed by atoms with Gasteiger partial charge in [0.2, 0.25) is 0 Å². The number of hydrogen-bond acceptors (Lipinski definition) is 1. The van der Waals surface area contributed by atoms with E-state index < -0.39 is 6.10 Å². The Balaban J connectivity index is 2.91. The zero-order valence-electron chi connectivity index (χ0n) is 11.9. The van der Waals surface area contributed by atoms with E-state index in [-0.39, 0.29) is 5.41 Å². The Morgan fingerprint density at radius 2 is 1.89 bits per heavy atom. The van der Waals surface area contributed by atoms with E-state index in [2.05, 4.69) is 32.9 Å². The predicted molar refractivity (Wildman–Crippen MR) is 78.5 cm³/mol. The Labute approximate surface area is 112 Å². The van der Waals surface area contributed by atoms with E-state index in [1.807, 2.05) is 30.3 Å². The van der Waals surface area contributed by atoms with E-state index >= 15 is 0 Å². The monoisotopic (exact) mass is 246 g/mol. The molecule has 0 aliphatic heterocycles. The molecule has 18 heavy (non-hydrogen) atoms. The van der Waals surface area contributed by atoms with Gasteiger partial charge in [-0.3, -0.25) is 0 Å². The maximum Gasteiger partial charge on any atom is 0.0877 e. The molecule has 1 N–H and O–H groups in total. The molecule has 0 aliphatic rings. The highest BCUT2D eigenvalue weighted by Crippen LogP contribution is 2.39. The second kappa shape index (κ2) is 7.38. The number of aliphatic hydroxyl groups excluding tert-OH is 1. The fourth-order valence-corrected chi connectivity index (χ4v) is 2.27. The molecule has 100 valence electrons. The molecule has 2 atom stereocenters. The van der Waals surface area contributed by atoms with E-state index in [1.165, 1.54) is 0 Å². The standard InChI is InChI=1S/C17H26O/c1-4-6-13-17(3,14-7-5-2)16(18)15-11-9-8-10-12-15/h6,8-13,16,18H,4-5,7,14H2,1-3H3/b13-6+/t16-,17-/m1/s1. The second-order valence-electron chi connectivity index (χ2n) is 5.23. The van der Waals surface area contributed by atoms with Crippen molar-refractivity contribution >= 4 is 0 Å². The topological polar surface area (TPSA) is 20.2 Å². The van der Waals surface area contributed by atoms with Crippen LogP contribution in [0, 0.1) is 5.41 Å². The van der Waals surface area contributed by atoms with Crippen LogP contribution in [0.5, 0.6) is 0 Å². The summed E-state index contributed by atoms with van der Waals surface area (Å²) in [6.07, 6.45) is 8.29. The smallest absolute Gasteiger partial charge is 0.0877 e. The molecule has 0 bridgehead atoms. The van der Waals surface area contributed by atoms with Gasteiger partial charge in [-0.05, 0) is 18.4 Å². The molecule has 0 fully saturated rings. The van der Waals surface area contributed by atoms with Crippen LogP contribution in [0.15, 0.2) is 42.5 Å². The van der Waals surface area contributed by atoms with Crippen LogP contribution in [-0.4, -0.2) is 5.11 Å². The Morgan fingerprint density at radius 1 is 1.22 bits per heavy atom. The lowest BCUT2D eigenvalue weighted by Crippen LogP contribution is -2.23. The largest absolute Gasteiger partial charge is 0.388 e. The molecule has 1 rings (SSSR count). The van der Waals surface area contributed by atoms with Crippen molar-refractivity contribution in [1.82, 2.24) is 0 Å². The van der Waals surface area contributed by atoms with Gasteiger partial charge in [0.05, 0.1) is 6.10 Å². The average Bonchev–Trinajstić information content (AvgIpc) is 2.43. The predicted octanol–water partition coefficient (Wildman–Crippen LogP) is 4.88. The van der Waals surface area contributed by atoms with Crippen LogP contribution in [0.3, 0.4) is 0 Å². The Kier molecular flexibility index (Phi) is 6.14. The average molecular weight is 246 g/mol. The molecule has 0 aromatic heterocycles. The first-order valence-corrected chi connectivity index (χ1v) is 7.04. The molecule has 0 saturated heterocycles. The first-order chi connectivity index (χ1) is 8.64. The summed E-state index contributed by atoms with van der Waals surface area (Å²) in [6.45, 7) is 6.48. The number of unbranched alkanes of at least 4 members (excludes halogenated alkanes) is 1. The lowest BCUT2D eigenvalue weighted by Gasteiger charge is -2.32. The van der Waals surface area contributed by atoms with Crippen LogP contribution in [0.25, 0.3) is 0 Å². The van der Waals surface area contributed by atoms with Crippen LogP contribution < -0.4 is 0 Å². The van der Waals surface area contributed by atoms with Crippen molar-refractivity contribution in [3.8, 4) is 0 Å². The molecule has 0 saturated carbocycles. The highest BCUT2D eigenvalue weighted by atomic mass is 16.3. The van der Waals surface area contributed by atoms with Gasteiger partial charge >= 0.3 is 0 Å². The summed E-state index contributed by atoms with van der Waals surface area (Å²) in [4.78, 5) is 0. The number of benzene rings is 1. The van der Waals surface area contributed by atoms with Gasteiger partial charge in [0.1, 0.15) is 0 Å². The lowest BCUT2D eigenvalue weighted by atomic mass is 9.76. The highest BCUT2D eigenvalue weighted by molar-refractivity contribution is 5.21. The van der Waals surface area contributed by atoms with Crippen LogP contribution in [-0.2, 0) is 0 Å². The molecule has 0 heterocycles. The molecule has 0 aliphatic carbocycles. The van der Waals surface area contributed by atoms with Gasteiger partial charge < -0.3 is 5.11 Å². The van der Waals surface area contributed by atoms with Gasteiger partial charge in [0, 0.05) is 5.41 Å². The van der Waals surface area contributed by atoms with Crippen molar-refractivity contribution in [2.24, 2.45) is 5.41 Å². The SMILES string of the molecule is CC/C=C/[C@](C)(CCCC)[C@H](O)c1ccccc1. The Hall–Kier alpha value is -1.08. The summed E-state index contributed by atoms with van der Waals surface area (Å²) < 4.78 is 0. The number of hydrogen-bond donors (Lipinski definition) is 1. The van der Waals surface area contributed by atoms with Crippen LogP contribution >= 0.6 is 0 Å². The van der Waals surface area contributed by atoms with Gasteiger partial charge in [-0.1, -0.05) is 76.1 Å². The molecule has 1 heteroatoms. The van der Waals surface area contributed by atoms with Gasteiger partial charge in [0.25, 0.3) is 0 Å². The summed E-state index contributed by atoms with van der Waals surface area (Å²) >= 11 is 0. The molecule has 1 aromatic rings. The minimum atomic E-state index is -0.423. The summed E-state index contributed by atoms with van der Waals surface area (Å²) in [6, 6.07) is 9.98. The van der Waals surface area contributed by atoms with E-state index in [4.69, 9.17) is 0 Å². The molecule has 0 spiro atoms. The summed E-state index contributed by atoms with van der Waals surface area (Å²) in [5.41, 5.74) is 0.852. The third-order valence-corrected chi connectivity index (χ3v) is 3.54. The summed E-state index contributed by atoms with van der Waals surface area (Å²) in [5, 5.41) is 10.6. The minimum absolute atomic E-state index is 0.159. The summed E-state index contributed by atoms with van der Waals surface area (Å²) in [7, 11) is 0. The molecule has 1 nitrogen and oxygen atoms in total. The third kappa shape index (κ3) is 3.99. The van der Waals surface area contributed by atoms with Crippen molar-refractivity contribution in [3.63, 3.8) is 0 Å². The first kappa shape index (κ1) is 15.0. The number of allylic oxidation sites excluding steroid dienone is 1. The third-order valence-electron chi connectivity index (χ3n) is 3.54. The normalized spacial score (nSPS) is 16.7. The van der Waals surface area contributed by atoms with E-state index in [0.29, 0.717) is 0 Å². The van der Waals surface area contributed by atoms with Crippen molar-refractivity contribution in [1.29, 1.82) is 0 Å². The molecule has 0 unspecified atom stereocenters. The number of aliphatic hydroxyl groups is 1. The van der Waals surface area contributed by atoms with Crippen molar-refractivity contribution in [2.75, 3.05) is 0 Å². The zero-order valence-corrected chi connectivity index (χ0v) is 11.9. The fourth-order valence-electron chi connectivity index (χ4n) is 2.27. The van der Waals surface area contributed by atoms with Crippen molar-refractivity contribution < 1.29 is 5.11 Å². The van der Waals surface area contributed by atoms with Crippen molar-refractivity contribution in [3.05, 3.63) is 48.0 Å². The molecular formula is C17H26O. The van der Waals surface area contributed by atoms with Crippen LogP contribution in [0.2, 0.25) is 0 Å². The van der Waals surface area contributed by atoms with Crippen molar-refractivity contribution in [2.45, 2.75) is 52.6 Å². The zero-order chi connectivity index (χ0) is 13.4. The van der Waals surface area contributed by atoms with Crippen LogP contribution in [0.1, 0.15) is 58.1 Å². The van der Waals surface area contributed by atoms with Gasteiger partial charge in [0.15, 0.2) is 0 Å². The van der Waals surface area contributed by atoms with Gasteiger partial charge in [-0.25, -0.2) is 0 Å². The first-order valence-electron chi connectivity index (χ1n) is 7.04. The number of rotatable bonds is 7. The maximum atomic E-state index is 10.6. The van der Waals surface area contributed by atoms with E-state index in [9.17, 15) is 5.11 Å². The molecule has 0 radical (unpaired) electrons. The summed E-state index contributed by atoms with van der Waals surface area (Å²) in [5.74, 6) is 0. The molecular weight excluding hydrogens is 220 g/mol. The molecule has 0 amide bonds. The highest BCUT2D eigenvalue weighted by Gasteiger charge is 2.30. The van der Waals surface area contributed by atoms with Gasteiger partial charge in [-0.2, -0.15) is 0 Å². The quantitative estimate of drug-likeness (QED) is 0.680.